The van der Waals surface area contributed by atoms with Crippen LogP contribution in [0.5, 0.6) is 11.5 Å². The average molecular weight is 319 g/mol. The van der Waals surface area contributed by atoms with Gasteiger partial charge in [0.1, 0.15) is 6.61 Å². The average Bonchev–Trinajstić information content (AvgIpc) is 2.60. The molecular weight excluding hydrogens is 302 g/mol. The zero-order valence-corrected chi connectivity index (χ0v) is 12.7. The third-order valence-electron chi connectivity index (χ3n) is 3.88. The molecule has 122 valence electrons. The Morgan fingerprint density at radius 1 is 1.39 bits per heavy atom. The molecule has 1 unspecified atom stereocenters. The Balaban J connectivity index is 1.88. The minimum absolute atomic E-state index is 0.000377. The number of aliphatic carboxylic acids is 1. The standard InChI is InChI=1S/C16H17NO6/c1-21-13-4-2-3-10-7-11(8-23-14(10)13)15(18)17-5-6-22-9-12(17)16(19)20/h2-4,7,12H,5-6,8-9H2,1H3,(H,19,20). The lowest BCUT2D eigenvalue weighted by Gasteiger charge is -2.34. The van der Waals surface area contributed by atoms with Gasteiger partial charge in [-0.05, 0) is 12.1 Å². The van der Waals surface area contributed by atoms with Crippen molar-refractivity contribution in [3.63, 3.8) is 0 Å². The zero-order chi connectivity index (χ0) is 16.4. The van der Waals surface area contributed by atoms with E-state index in [1.807, 2.05) is 6.07 Å². The summed E-state index contributed by atoms with van der Waals surface area (Å²) < 4.78 is 16.0. The number of benzene rings is 1. The molecule has 2 heterocycles. The third kappa shape index (κ3) is 2.87. The molecule has 1 amide bonds. The fourth-order valence-corrected chi connectivity index (χ4v) is 2.70. The maximum Gasteiger partial charge on any atom is 0.328 e. The van der Waals surface area contributed by atoms with Crippen LogP contribution >= 0.6 is 0 Å². The molecule has 3 rings (SSSR count). The molecule has 0 aromatic heterocycles. The first kappa shape index (κ1) is 15.4. The predicted octanol–water partition coefficient (Wildman–Crippen LogP) is 0.783. The summed E-state index contributed by atoms with van der Waals surface area (Å²) in [4.78, 5) is 25.3. The van der Waals surface area contributed by atoms with Crippen LogP contribution in [0.4, 0.5) is 0 Å². The largest absolute Gasteiger partial charge is 0.493 e. The molecule has 0 spiro atoms. The van der Waals surface area contributed by atoms with Gasteiger partial charge in [0.2, 0.25) is 0 Å². The van der Waals surface area contributed by atoms with Gasteiger partial charge in [-0.1, -0.05) is 12.1 Å². The fraction of sp³-hybridized carbons (Fsp3) is 0.375. The summed E-state index contributed by atoms with van der Waals surface area (Å²) in [5, 5.41) is 9.24. The second kappa shape index (κ2) is 6.29. The lowest BCUT2D eigenvalue weighted by Crippen LogP contribution is -2.53. The quantitative estimate of drug-likeness (QED) is 0.886. The minimum atomic E-state index is -1.07. The maximum atomic E-state index is 12.7. The molecule has 7 nitrogen and oxygen atoms in total. The first-order valence-electron chi connectivity index (χ1n) is 7.23. The number of nitrogens with zero attached hydrogens (tertiary/aromatic N) is 1. The fourth-order valence-electron chi connectivity index (χ4n) is 2.70. The third-order valence-corrected chi connectivity index (χ3v) is 3.88. The highest BCUT2D eigenvalue weighted by atomic mass is 16.5. The van der Waals surface area contributed by atoms with Crippen LogP contribution in [0.25, 0.3) is 6.08 Å². The number of carboxylic acids is 1. The summed E-state index contributed by atoms with van der Waals surface area (Å²) in [6, 6.07) is 4.43. The van der Waals surface area contributed by atoms with Crippen molar-refractivity contribution in [2.45, 2.75) is 6.04 Å². The van der Waals surface area contributed by atoms with Crippen molar-refractivity contribution in [1.29, 1.82) is 0 Å². The molecule has 0 bridgehead atoms. The van der Waals surface area contributed by atoms with Gasteiger partial charge < -0.3 is 24.2 Å². The van der Waals surface area contributed by atoms with Crippen LogP contribution in [0.2, 0.25) is 0 Å². The second-order valence-electron chi connectivity index (χ2n) is 5.26. The number of carboxylic acid groups (broad SMARTS) is 1. The van der Waals surface area contributed by atoms with E-state index in [2.05, 4.69) is 0 Å². The molecule has 2 aliphatic heterocycles. The van der Waals surface area contributed by atoms with Gasteiger partial charge in [-0.15, -0.1) is 0 Å². The van der Waals surface area contributed by atoms with Crippen molar-refractivity contribution in [2.24, 2.45) is 0 Å². The molecule has 0 radical (unpaired) electrons. The van der Waals surface area contributed by atoms with Gasteiger partial charge in [-0.2, -0.15) is 0 Å². The Hall–Kier alpha value is -2.54. The maximum absolute atomic E-state index is 12.7. The normalized spacial score (nSPS) is 20.1. The van der Waals surface area contributed by atoms with Crippen molar-refractivity contribution < 1.29 is 28.9 Å². The minimum Gasteiger partial charge on any atom is -0.493 e. The van der Waals surface area contributed by atoms with E-state index >= 15 is 0 Å². The topological polar surface area (TPSA) is 85.3 Å². The van der Waals surface area contributed by atoms with Crippen molar-refractivity contribution in [3.8, 4) is 11.5 Å². The van der Waals surface area contributed by atoms with E-state index in [-0.39, 0.29) is 25.7 Å². The monoisotopic (exact) mass is 319 g/mol. The number of para-hydroxylation sites is 1. The molecule has 1 N–H and O–H groups in total. The van der Waals surface area contributed by atoms with Gasteiger partial charge >= 0.3 is 5.97 Å². The lowest BCUT2D eigenvalue weighted by atomic mass is 10.0. The number of amides is 1. The number of ether oxygens (including phenoxy) is 3. The number of rotatable bonds is 3. The summed E-state index contributed by atoms with van der Waals surface area (Å²) in [6.45, 7) is 0.654. The van der Waals surface area contributed by atoms with Crippen LogP contribution in [-0.4, -0.2) is 61.4 Å². The highest BCUT2D eigenvalue weighted by Gasteiger charge is 2.35. The Kier molecular flexibility index (Phi) is 4.20. The van der Waals surface area contributed by atoms with Gasteiger partial charge in [-0.25, -0.2) is 4.79 Å². The number of carbonyl (C=O) groups is 2. The van der Waals surface area contributed by atoms with Crippen LogP contribution in [0.1, 0.15) is 5.56 Å². The number of hydrogen-bond acceptors (Lipinski definition) is 5. The van der Waals surface area contributed by atoms with Crippen LogP contribution < -0.4 is 9.47 Å². The number of methoxy groups -OCH3 is 1. The Morgan fingerprint density at radius 3 is 2.96 bits per heavy atom. The summed E-state index contributed by atoms with van der Waals surface area (Å²) >= 11 is 0. The van der Waals surface area contributed by atoms with Crippen LogP contribution in [0.15, 0.2) is 23.8 Å². The number of fused-ring (bicyclic) bond motifs is 1. The second-order valence-corrected chi connectivity index (χ2v) is 5.26. The Bertz CT molecular complexity index is 669. The number of hydrogen-bond donors (Lipinski definition) is 1. The first-order valence-corrected chi connectivity index (χ1v) is 7.23. The Labute approximate surface area is 133 Å². The Morgan fingerprint density at radius 2 is 2.22 bits per heavy atom. The number of carbonyl (C=O) groups excluding carboxylic acids is 1. The molecule has 0 aliphatic carbocycles. The lowest BCUT2D eigenvalue weighted by molar-refractivity contribution is -0.156. The summed E-state index contributed by atoms with van der Waals surface area (Å²) in [5.74, 6) is -0.227. The van der Waals surface area contributed by atoms with E-state index in [1.54, 1.807) is 25.3 Å². The predicted molar refractivity (Wildman–Crippen MR) is 80.4 cm³/mol. The van der Waals surface area contributed by atoms with E-state index in [1.165, 1.54) is 4.90 Å². The summed E-state index contributed by atoms with van der Waals surface area (Å²) in [5.41, 5.74) is 1.15. The zero-order valence-electron chi connectivity index (χ0n) is 12.7. The van der Waals surface area contributed by atoms with E-state index in [9.17, 15) is 14.7 Å². The summed E-state index contributed by atoms with van der Waals surface area (Å²) in [7, 11) is 1.55. The molecule has 1 aromatic carbocycles. The molecule has 1 aromatic rings. The highest BCUT2D eigenvalue weighted by Crippen LogP contribution is 2.35. The first-order chi connectivity index (χ1) is 11.1. The molecule has 1 atom stereocenters. The SMILES string of the molecule is COc1cccc2c1OCC(C(=O)N1CCOCC1C(=O)O)=C2. The summed E-state index contributed by atoms with van der Waals surface area (Å²) in [6.07, 6.45) is 1.72. The number of morpholine rings is 1. The molecule has 7 heteroatoms. The van der Waals surface area contributed by atoms with Crippen molar-refractivity contribution >= 4 is 18.0 Å². The molecule has 1 fully saturated rings. The molecule has 2 aliphatic rings. The van der Waals surface area contributed by atoms with Gasteiger partial charge in [0, 0.05) is 12.1 Å². The van der Waals surface area contributed by atoms with Crippen molar-refractivity contribution in [2.75, 3.05) is 33.5 Å². The van der Waals surface area contributed by atoms with Crippen molar-refractivity contribution in [1.82, 2.24) is 4.90 Å². The van der Waals surface area contributed by atoms with E-state index in [0.29, 0.717) is 23.7 Å². The van der Waals surface area contributed by atoms with Crippen LogP contribution in [0.3, 0.4) is 0 Å². The molecule has 23 heavy (non-hydrogen) atoms. The smallest absolute Gasteiger partial charge is 0.328 e. The van der Waals surface area contributed by atoms with Gasteiger partial charge in [0.15, 0.2) is 17.5 Å². The molecule has 0 saturated carbocycles. The highest BCUT2D eigenvalue weighted by molar-refractivity contribution is 6.01. The molecular formula is C16H17NO6. The van der Waals surface area contributed by atoms with Gasteiger partial charge in [0.05, 0.1) is 25.9 Å². The van der Waals surface area contributed by atoms with Crippen LogP contribution in [-0.2, 0) is 14.3 Å². The van der Waals surface area contributed by atoms with E-state index in [0.717, 1.165) is 5.56 Å². The van der Waals surface area contributed by atoms with Crippen molar-refractivity contribution in [3.05, 3.63) is 29.3 Å². The molecule has 1 saturated heterocycles. The van der Waals surface area contributed by atoms with Gasteiger partial charge in [0.25, 0.3) is 5.91 Å². The van der Waals surface area contributed by atoms with E-state index < -0.39 is 12.0 Å². The van der Waals surface area contributed by atoms with E-state index in [4.69, 9.17) is 14.2 Å². The van der Waals surface area contributed by atoms with Gasteiger partial charge in [-0.3, -0.25) is 4.79 Å². The van der Waals surface area contributed by atoms with Crippen LogP contribution in [0, 0.1) is 0 Å².